The van der Waals surface area contributed by atoms with Crippen LogP contribution in [0, 0.1) is 0 Å². The van der Waals surface area contributed by atoms with Gasteiger partial charge in [0.15, 0.2) is 0 Å². The van der Waals surface area contributed by atoms with E-state index in [1.165, 1.54) is 77.0 Å². The van der Waals surface area contributed by atoms with Crippen LogP contribution in [0.3, 0.4) is 0 Å². The Labute approximate surface area is 107 Å². The van der Waals surface area contributed by atoms with Crippen molar-refractivity contribution in [1.29, 1.82) is 0 Å². The van der Waals surface area contributed by atoms with Crippen molar-refractivity contribution in [2.45, 2.75) is 89.3 Å². The first-order chi connectivity index (χ1) is 8.47. The van der Waals surface area contributed by atoms with E-state index < -0.39 is 0 Å². The molecule has 0 amide bonds. The first kappa shape index (κ1) is 13.1. The molecule has 2 aliphatic rings. The van der Waals surface area contributed by atoms with Crippen LogP contribution in [-0.2, 0) is 4.74 Å². The van der Waals surface area contributed by atoms with Crippen molar-refractivity contribution in [3.8, 4) is 0 Å². The van der Waals surface area contributed by atoms with E-state index in [-0.39, 0.29) is 0 Å². The zero-order valence-corrected chi connectivity index (χ0v) is 11.2. The summed E-state index contributed by atoms with van der Waals surface area (Å²) in [6, 6.07) is 0. The van der Waals surface area contributed by atoms with Crippen molar-refractivity contribution in [2.24, 2.45) is 0 Å². The van der Waals surface area contributed by atoms with Gasteiger partial charge in [-0.3, -0.25) is 0 Å². The van der Waals surface area contributed by atoms with E-state index in [4.69, 9.17) is 4.74 Å². The van der Waals surface area contributed by atoms with Gasteiger partial charge in [-0.25, -0.2) is 0 Å². The minimum atomic E-state index is 0.641. The van der Waals surface area contributed by atoms with E-state index in [9.17, 15) is 0 Å². The first-order valence-corrected chi connectivity index (χ1v) is 7.77. The Balaban J connectivity index is 1.63. The van der Waals surface area contributed by atoms with Gasteiger partial charge in [0.25, 0.3) is 0 Å². The lowest BCUT2D eigenvalue weighted by Crippen LogP contribution is -1.95. The molecule has 0 saturated carbocycles. The minimum absolute atomic E-state index is 0.641. The number of allylic oxidation sites excluding steroid dienone is 2. The largest absolute Gasteiger partial charge is 0.370 e. The van der Waals surface area contributed by atoms with Crippen molar-refractivity contribution >= 4 is 0 Å². The van der Waals surface area contributed by atoms with Gasteiger partial charge in [0, 0.05) is 0 Å². The van der Waals surface area contributed by atoms with Crippen molar-refractivity contribution in [3.05, 3.63) is 12.2 Å². The molecule has 1 nitrogen and oxygen atoms in total. The lowest BCUT2D eigenvalue weighted by Gasteiger charge is -2.01. The van der Waals surface area contributed by atoms with Crippen LogP contribution >= 0.6 is 0 Å². The molecular formula is C16H28O. The van der Waals surface area contributed by atoms with E-state index in [1.54, 1.807) is 0 Å². The molecule has 0 N–H and O–H groups in total. The van der Waals surface area contributed by atoms with Gasteiger partial charge in [0.2, 0.25) is 0 Å². The van der Waals surface area contributed by atoms with Crippen molar-refractivity contribution < 1.29 is 4.74 Å². The molecule has 0 aromatic carbocycles. The Morgan fingerprint density at radius 2 is 1.06 bits per heavy atom. The molecule has 0 aromatic heterocycles. The Hall–Kier alpha value is -0.300. The summed E-state index contributed by atoms with van der Waals surface area (Å²) in [5, 5.41) is 0. The van der Waals surface area contributed by atoms with Crippen LogP contribution in [0.15, 0.2) is 12.2 Å². The zero-order chi connectivity index (χ0) is 11.8. The lowest BCUT2D eigenvalue weighted by molar-refractivity contribution is 0.348. The third-order valence-corrected chi connectivity index (χ3v) is 4.07. The topological polar surface area (TPSA) is 12.5 Å². The molecule has 0 aromatic rings. The Morgan fingerprint density at radius 1 is 0.588 bits per heavy atom. The first-order valence-electron chi connectivity index (χ1n) is 7.77. The van der Waals surface area contributed by atoms with Crippen LogP contribution in [0.1, 0.15) is 77.0 Å². The smallest absolute Gasteiger partial charge is 0.0841 e. The van der Waals surface area contributed by atoms with Gasteiger partial charge in [-0.05, 0) is 38.5 Å². The molecule has 17 heavy (non-hydrogen) atoms. The normalized spacial score (nSPS) is 32.9. The molecule has 2 atom stereocenters. The quantitative estimate of drug-likeness (QED) is 0.425. The number of fused-ring (bicyclic) bond motifs is 1. The SMILES string of the molecule is C1=CCCCCCC[C@H]2O[C@H]2CCCCCC1. The van der Waals surface area contributed by atoms with Gasteiger partial charge >= 0.3 is 0 Å². The second-order valence-corrected chi connectivity index (χ2v) is 5.67. The number of hydrogen-bond donors (Lipinski definition) is 0. The monoisotopic (exact) mass is 236 g/mol. The van der Waals surface area contributed by atoms with E-state index in [0.717, 1.165) is 0 Å². The van der Waals surface area contributed by atoms with Crippen molar-refractivity contribution in [2.75, 3.05) is 0 Å². The highest BCUT2D eigenvalue weighted by Crippen LogP contribution is 2.31. The molecule has 0 spiro atoms. The summed E-state index contributed by atoms with van der Waals surface area (Å²) in [6.45, 7) is 0. The summed E-state index contributed by atoms with van der Waals surface area (Å²) in [4.78, 5) is 0. The number of epoxide rings is 1. The highest BCUT2D eigenvalue weighted by Gasteiger charge is 2.36. The van der Waals surface area contributed by atoms with Crippen molar-refractivity contribution in [1.82, 2.24) is 0 Å². The van der Waals surface area contributed by atoms with Gasteiger partial charge in [-0.2, -0.15) is 0 Å². The fraction of sp³-hybridized carbons (Fsp3) is 0.875. The average Bonchev–Trinajstić information content (AvgIpc) is 3.07. The molecule has 2 rings (SSSR count). The fourth-order valence-corrected chi connectivity index (χ4v) is 2.85. The molecule has 1 heteroatoms. The van der Waals surface area contributed by atoms with E-state index >= 15 is 0 Å². The number of ether oxygens (including phenoxy) is 1. The summed E-state index contributed by atoms with van der Waals surface area (Å²) >= 11 is 0. The molecule has 98 valence electrons. The number of rotatable bonds is 0. The van der Waals surface area contributed by atoms with Gasteiger partial charge in [-0.1, -0.05) is 50.7 Å². The van der Waals surface area contributed by atoms with Crippen LogP contribution in [0.4, 0.5) is 0 Å². The van der Waals surface area contributed by atoms with Crippen LogP contribution in [0.5, 0.6) is 0 Å². The predicted molar refractivity (Wildman–Crippen MR) is 73.2 cm³/mol. The van der Waals surface area contributed by atoms with Crippen molar-refractivity contribution in [3.63, 3.8) is 0 Å². The minimum Gasteiger partial charge on any atom is -0.370 e. The molecule has 0 radical (unpaired) electrons. The Bertz CT molecular complexity index is 200. The van der Waals surface area contributed by atoms with E-state index in [2.05, 4.69) is 12.2 Å². The second kappa shape index (κ2) is 7.92. The summed E-state index contributed by atoms with van der Waals surface area (Å²) in [5.41, 5.74) is 0. The van der Waals surface area contributed by atoms with Crippen LogP contribution in [0.25, 0.3) is 0 Å². The fourth-order valence-electron chi connectivity index (χ4n) is 2.85. The molecule has 1 aliphatic heterocycles. The summed E-state index contributed by atoms with van der Waals surface area (Å²) in [6.07, 6.45) is 22.4. The highest BCUT2D eigenvalue weighted by atomic mass is 16.6. The van der Waals surface area contributed by atoms with E-state index in [0.29, 0.717) is 12.2 Å². The second-order valence-electron chi connectivity index (χ2n) is 5.67. The average molecular weight is 236 g/mol. The third-order valence-electron chi connectivity index (χ3n) is 4.07. The predicted octanol–water partition coefficient (Wildman–Crippen LogP) is 5.00. The molecule has 0 unspecified atom stereocenters. The van der Waals surface area contributed by atoms with Crippen LogP contribution in [0.2, 0.25) is 0 Å². The van der Waals surface area contributed by atoms with Crippen LogP contribution in [-0.4, -0.2) is 12.2 Å². The highest BCUT2D eigenvalue weighted by molar-refractivity contribution is 4.85. The molecule has 1 saturated heterocycles. The summed E-state index contributed by atoms with van der Waals surface area (Å²) in [7, 11) is 0. The lowest BCUT2D eigenvalue weighted by atomic mass is 10.0. The third kappa shape index (κ3) is 5.72. The van der Waals surface area contributed by atoms with Gasteiger partial charge in [0.1, 0.15) is 0 Å². The zero-order valence-electron chi connectivity index (χ0n) is 11.2. The number of hydrogen-bond acceptors (Lipinski definition) is 1. The van der Waals surface area contributed by atoms with Gasteiger partial charge < -0.3 is 4.74 Å². The maximum atomic E-state index is 5.73. The standard InChI is InChI=1S/C16H28O/c1-2-4-6-8-10-12-14-16-15(17-16)13-11-9-7-5-3-1/h1-2,15-16H,3-14H2/t15-,16+. The molecule has 0 bridgehead atoms. The Kier molecular flexibility index (Phi) is 6.12. The summed E-state index contributed by atoms with van der Waals surface area (Å²) in [5.74, 6) is 0. The summed E-state index contributed by atoms with van der Waals surface area (Å²) < 4.78 is 5.73. The maximum absolute atomic E-state index is 5.73. The van der Waals surface area contributed by atoms with E-state index in [1.807, 2.05) is 0 Å². The molecular weight excluding hydrogens is 208 g/mol. The van der Waals surface area contributed by atoms with Gasteiger partial charge in [0.05, 0.1) is 12.2 Å². The molecule has 1 heterocycles. The molecule has 1 fully saturated rings. The maximum Gasteiger partial charge on any atom is 0.0841 e. The van der Waals surface area contributed by atoms with Crippen LogP contribution < -0.4 is 0 Å². The molecule has 1 aliphatic carbocycles. The Morgan fingerprint density at radius 3 is 1.59 bits per heavy atom. The van der Waals surface area contributed by atoms with Gasteiger partial charge in [-0.15, -0.1) is 0 Å².